The second-order valence-electron chi connectivity index (χ2n) is 7.11. The SMILES string of the molecule is Cc1csc(C(=O)N2CCCC3(C2)CN(c2ccccc2)C(=O)CO3)c1. The van der Waals surface area contributed by atoms with E-state index >= 15 is 0 Å². The van der Waals surface area contributed by atoms with Crippen molar-refractivity contribution in [2.45, 2.75) is 25.4 Å². The first-order chi connectivity index (χ1) is 12.6. The molecule has 1 unspecified atom stereocenters. The predicted octanol–water partition coefficient (Wildman–Crippen LogP) is 3.09. The number of benzene rings is 1. The van der Waals surface area contributed by atoms with E-state index in [0.29, 0.717) is 13.1 Å². The molecule has 1 atom stereocenters. The number of rotatable bonds is 2. The Morgan fingerprint density at radius 3 is 2.77 bits per heavy atom. The summed E-state index contributed by atoms with van der Waals surface area (Å²) in [5.41, 5.74) is 1.52. The number of piperidine rings is 1. The Kier molecular flexibility index (Phi) is 4.54. The molecule has 0 radical (unpaired) electrons. The zero-order valence-corrected chi connectivity index (χ0v) is 15.6. The van der Waals surface area contributed by atoms with Crippen LogP contribution < -0.4 is 4.90 Å². The number of thiophene rings is 1. The van der Waals surface area contributed by atoms with Crippen molar-refractivity contribution in [2.24, 2.45) is 0 Å². The van der Waals surface area contributed by atoms with Crippen molar-refractivity contribution in [1.82, 2.24) is 4.90 Å². The number of carbonyl (C=O) groups is 2. The Morgan fingerprint density at radius 2 is 2.04 bits per heavy atom. The van der Waals surface area contributed by atoms with Crippen molar-refractivity contribution in [3.05, 3.63) is 52.2 Å². The molecule has 2 saturated heterocycles. The van der Waals surface area contributed by atoms with E-state index < -0.39 is 5.60 Å². The van der Waals surface area contributed by atoms with E-state index in [2.05, 4.69) is 0 Å². The van der Waals surface area contributed by atoms with Crippen LogP contribution in [0, 0.1) is 6.92 Å². The summed E-state index contributed by atoms with van der Waals surface area (Å²) in [7, 11) is 0. The summed E-state index contributed by atoms with van der Waals surface area (Å²) in [6.07, 6.45) is 1.74. The molecule has 0 saturated carbocycles. The lowest BCUT2D eigenvalue weighted by Crippen LogP contribution is -2.62. The standard InChI is InChI=1S/C20H22N2O3S/c1-15-10-17(26-12-15)19(24)21-9-5-8-20(13-21)14-22(18(23)11-25-20)16-6-3-2-4-7-16/h2-4,6-7,10,12H,5,8-9,11,13-14H2,1H3. The monoisotopic (exact) mass is 370 g/mol. The van der Waals surface area contributed by atoms with Gasteiger partial charge in [0.1, 0.15) is 12.2 Å². The van der Waals surface area contributed by atoms with Gasteiger partial charge in [0, 0.05) is 12.2 Å². The molecule has 2 amide bonds. The number of hydrogen-bond acceptors (Lipinski definition) is 4. The Morgan fingerprint density at radius 1 is 1.23 bits per heavy atom. The fraction of sp³-hybridized carbons (Fsp3) is 0.400. The number of amides is 2. The molecule has 2 fully saturated rings. The topological polar surface area (TPSA) is 49.9 Å². The quantitative estimate of drug-likeness (QED) is 0.816. The predicted molar refractivity (Wildman–Crippen MR) is 102 cm³/mol. The smallest absolute Gasteiger partial charge is 0.264 e. The zero-order chi connectivity index (χ0) is 18.1. The molecule has 3 heterocycles. The molecule has 2 aromatic rings. The summed E-state index contributed by atoms with van der Waals surface area (Å²) < 4.78 is 6.01. The van der Waals surface area contributed by atoms with E-state index in [1.165, 1.54) is 11.3 Å². The molecule has 4 rings (SSSR count). The molecule has 6 heteroatoms. The Balaban J connectivity index is 1.54. The Labute approximate surface area is 157 Å². The second kappa shape index (κ2) is 6.85. The van der Waals surface area contributed by atoms with E-state index in [0.717, 1.165) is 35.5 Å². The number of likely N-dealkylation sites (tertiary alicyclic amines) is 1. The maximum absolute atomic E-state index is 12.9. The van der Waals surface area contributed by atoms with Crippen LogP contribution in [0.3, 0.4) is 0 Å². The molecule has 2 aliphatic heterocycles. The molecule has 1 aromatic heterocycles. The molecular formula is C20H22N2O3S. The van der Waals surface area contributed by atoms with Gasteiger partial charge >= 0.3 is 0 Å². The third-order valence-corrected chi connectivity index (χ3v) is 6.12. The normalized spacial score (nSPS) is 23.5. The summed E-state index contributed by atoms with van der Waals surface area (Å²) in [6.45, 7) is 3.82. The number of nitrogens with zero attached hydrogens (tertiary/aromatic N) is 2. The van der Waals surface area contributed by atoms with Crippen LogP contribution in [0.15, 0.2) is 41.8 Å². The maximum Gasteiger partial charge on any atom is 0.264 e. The van der Waals surface area contributed by atoms with Gasteiger partial charge < -0.3 is 14.5 Å². The average molecular weight is 370 g/mol. The van der Waals surface area contributed by atoms with Gasteiger partial charge in [0.05, 0.1) is 18.0 Å². The summed E-state index contributed by atoms with van der Waals surface area (Å²) in [4.78, 5) is 29.7. The highest BCUT2D eigenvalue weighted by atomic mass is 32.1. The van der Waals surface area contributed by atoms with Crippen LogP contribution in [-0.4, -0.2) is 48.6 Å². The van der Waals surface area contributed by atoms with Gasteiger partial charge in [-0.25, -0.2) is 0 Å². The largest absolute Gasteiger partial charge is 0.361 e. The molecule has 26 heavy (non-hydrogen) atoms. The highest BCUT2D eigenvalue weighted by Crippen LogP contribution is 2.32. The highest BCUT2D eigenvalue weighted by molar-refractivity contribution is 7.12. The number of aryl methyl sites for hydroxylation is 1. The average Bonchev–Trinajstić information content (AvgIpc) is 3.10. The molecule has 136 valence electrons. The van der Waals surface area contributed by atoms with Gasteiger partial charge in [0.15, 0.2) is 0 Å². The fourth-order valence-electron chi connectivity index (χ4n) is 3.78. The van der Waals surface area contributed by atoms with Gasteiger partial charge in [-0.1, -0.05) is 18.2 Å². The highest BCUT2D eigenvalue weighted by Gasteiger charge is 2.44. The lowest BCUT2D eigenvalue weighted by atomic mass is 9.90. The van der Waals surface area contributed by atoms with Crippen LogP contribution in [0.5, 0.6) is 0 Å². The van der Waals surface area contributed by atoms with E-state index in [1.54, 1.807) is 4.90 Å². The van der Waals surface area contributed by atoms with Crippen molar-refractivity contribution in [2.75, 3.05) is 31.1 Å². The summed E-state index contributed by atoms with van der Waals surface area (Å²) >= 11 is 1.49. The third-order valence-electron chi connectivity index (χ3n) is 5.09. The van der Waals surface area contributed by atoms with Crippen molar-refractivity contribution < 1.29 is 14.3 Å². The van der Waals surface area contributed by atoms with Crippen LogP contribution in [-0.2, 0) is 9.53 Å². The first-order valence-electron chi connectivity index (χ1n) is 8.90. The maximum atomic E-state index is 12.9. The second-order valence-corrected chi connectivity index (χ2v) is 8.02. The molecule has 0 aliphatic carbocycles. The lowest BCUT2D eigenvalue weighted by molar-refractivity contribution is -0.144. The van der Waals surface area contributed by atoms with E-state index in [-0.39, 0.29) is 18.4 Å². The first-order valence-corrected chi connectivity index (χ1v) is 9.78. The van der Waals surface area contributed by atoms with Crippen molar-refractivity contribution in [1.29, 1.82) is 0 Å². The van der Waals surface area contributed by atoms with Crippen LogP contribution in [0.1, 0.15) is 28.1 Å². The van der Waals surface area contributed by atoms with E-state index in [4.69, 9.17) is 4.74 Å². The van der Waals surface area contributed by atoms with E-state index in [9.17, 15) is 9.59 Å². The van der Waals surface area contributed by atoms with Gasteiger partial charge in [-0.2, -0.15) is 0 Å². The van der Waals surface area contributed by atoms with Crippen LogP contribution >= 0.6 is 11.3 Å². The Hall–Kier alpha value is -2.18. The fourth-order valence-corrected chi connectivity index (χ4v) is 4.64. The zero-order valence-electron chi connectivity index (χ0n) is 14.8. The molecule has 0 bridgehead atoms. The third kappa shape index (κ3) is 3.27. The number of morpholine rings is 1. The molecule has 5 nitrogen and oxygen atoms in total. The number of para-hydroxylation sites is 1. The molecular weight excluding hydrogens is 348 g/mol. The molecule has 1 aromatic carbocycles. The Bertz CT molecular complexity index is 819. The number of hydrogen-bond donors (Lipinski definition) is 0. The van der Waals surface area contributed by atoms with Gasteiger partial charge in [0.2, 0.25) is 0 Å². The molecule has 2 aliphatic rings. The van der Waals surface area contributed by atoms with Gasteiger partial charge in [-0.05, 0) is 48.9 Å². The van der Waals surface area contributed by atoms with E-state index in [1.807, 2.05) is 53.6 Å². The first kappa shape index (κ1) is 17.2. The van der Waals surface area contributed by atoms with Crippen molar-refractivity contribution >= 4 is 28.8 Å². The summed E-state index contributed by atoms with van der Waals surface area (Å²) in [5.74, 6) is 0.0353. The van der Waals surface area contributed by atoms with Crippen molar-refractivity contribution in [3.8, 4) is 0 Å². The summed E-state index contributed by atoms with van der Waals surface area (Å²) in [6, 6.07) is 11.6. The van der Waals surface area contributed by atoms with Gasteiger partial charge in [-0.15, -0.1) is 11.3 Å². The number of ether oxygens (including phenoxy) is 1. The minimum absolute atomic E-state index is 0.0286. The molecule has 1 spiro atoms. The van der Waals surface area contributed by atoms with Crippen LogP contribution in [0.25, 0.3) is 0 Å². The summed E-state index contributed by atoms with van der Waals surface area (Å²) in [5, 5.41) is 2.00. The number of anilines is 1. The lowest BCUT2D eigenvalue weighted by Gasteiger charge is -2.47. The minimum Gasteiger partial charge on any atom is -0.361 e. The molecule has 0 N–H and O–H groups in total. The van der Waals surface area contributed by atoms with Crippen LogP contribution in [0.4, 0.5) is 5.69 Å². The van der Waals surface area contributed by atoms with Gasteiger partial charge in [-0.3, -0.25) is 9.59 Å². The van der Waals surface area contributed by atoms with Gasteiger partial charge in [0.25, 0.3) is 11.8 Å². The number of carbonyl (C=O) groups excluding carboxylic acids is 2. The minimum atomic E-state index is -0.482. The van der Waals surface area contributed by atoms with Crippen LogP contribution in [0.2, 0.25) is 0 Å². The van der Waals surface area contributed by atoms with Crippen molar-refractivity contribution in [3.63, 3.8) is 0 Å².